The molecule has 1 aromatic heterocycles. The summed E-state index contributed by atoms with van der Waals surface area (Å²) >= 11 is 0. The zero-order valence-electron chi connectivity index (χ0n) is 11.7. The maximum absolute atomic E-state index is 10.7. The molecule has 0 bridgehead atoms. The van der Waals surface area contributed by atoms with Gasteiger partial charge in [-0.1, -0.05) is 18.2 Å². The highest BCUT2D eigenvalue weighted by Crippen LogP contribution is 2.08. The smallest absolute Gasteiger partial charge is 0.238 e. The van der Waals surface area contributed by atoms with Gasteiger partial charge in [-0.3, -0.25) is 0 Å². The fraction of sp³-hybridized carbons (Fsp3) is 0. The molecule has 0 unspecified atom stereocenters. The Hall–Kier alpha value is -2.64. The summed E-state index contributed by atoms with van der Waals surface area (Å²) in [6.07, 6.45) is 3.70. The van der Waals surface area contributed by atoms with E-state index in [1.165, 1.54) is 24.3 Å². The van der Waals surface area contributed by atoms with Crippen LogP contribution in [-0.2, 0) is 10.0 Å². The van der Waals surface area contributed by atoms with Crippen LogP contribution < -0.4 is 10.9 Å². The molecule has 0 aliphatic heterocycles. The molecule has 0 aliphatic carbocycles. The topological polar surface area (TPSA) is 104 Å². The van der Waals surface area contributed by atoms with Crippen molar-refractivity contribution in [1.82, 2.24) is 9.78 Å². The Bertz CT molecular complexity index is 799. The molecule has 0 spiro atoms. The molecular weight excluding hydrogens is 300 g/mol. The molecule has 0 amide bonds. The van der Waals surface area contributed by atoms with Gasteiger partial charge in [0, 0.05) is 18.1 Å². The van der Waals surface area contributed by atoms with Crippen molar-refractivity contribution in [3.05, 3.63) is 73.1 Å². The zero-order valence-corrected chi connectivity index (χ0v) is 12.5. The summed E-state index contributed by atoms with van der Waals surface area (Å²) in [5, 5.41) is 8.94. The first-order valence-electron chi connectivity index (χ1n) is 6.40. The molecule has 1 heterocycles. The van der Waals surface area contributed by atoms with Crippen LogP contribution in [0.1, 0.15) is 0 Å². The van der Waals surface area contributed by atoms with Crippen molar-refractivity contribution >= 4 is 15.7 Å². The number of nitrogens with two attached hydrogens (primary N) is 2. The lowest BCUT2D eigenvalue weighted by atomic mass is 10.3. The van der Waals surface area contributed by atoms with Crippen LogP contribution >= 0.6 is 0 Å². The molecule has 0 aliphatic rings. The van der Waals surface area contributed by atoms with Crippen molar-refractivity contribution in [3.63, 3.8) is 0 Å². The van der Waals surface area contributed by atoms with Crippen molar-refractivity contribution in [2.45, 2.75) is 4.90 Å². The average molecular weight is 316 g/mol. The third kappa shape index (κ3) is 4.44. The van der Waals surface area contributed by atoms with E-state index < -0.39 is 10.0 Å². The van der Waals surface area contributed by atoms with Crippen LogP contribution in [0, 0.1) is 0 Å². The number of hydrogen-bond acceptors (Lipinski definition) is 4. The van der Waals surface area contributed by atoms with Gasteiger partial charge in [-0.25, -0.2) is 18.2 Å². The predicted octanol–water partition coefficient (Wildman–Crippen LogP) is 1.79. The van der Waals surface area contributed by atoms with Crippen molar-refractivity contribution in [2.24, 2.45) is 5.14 Å². The standard InChI is InChI=1S/C9H8N2.C6H8N2O2S/c1-2-5-9(6-3-1)11-8-4-7-10-11;7-5-1-3-6(4-2-5)11(8,9)10/h1-8H;1-4H,7H2,(H2,8,9,10). The Morgan fingerprint density at radius 3 is 2.05 bits per heavy atom. The molecule has 0 fully saturated rings. The fourth-order valence-corrected chi connectivity index (χ4v) is 2.18. The highest BCUT2D eigenvalue weighted by molar-refractivity contribution is 7.89. The molecule has 6 nitrogen and oxygen atoms in total. The number of anilines is 1. The number of sulfonamides is 1. The molecule has 7 heteroatoms. The molecular formula is C15H16N4O2S. The van der Waals surface area contributed by atoms with Crippen LogP contribution in [0.15, 0.2) is 78.0 Å². The van der Waals surface area contributed by atoms with Gasteiger partial charge >= 0.3 is 0 Å². The Morgan fingerprint density at radius 1 is 0.909 bits per heavy atom. The number of rotatable bonds is 2. The van der Waals surface area contributed by atoms with Gasteiger partial charge in [0.05, 0.1) is 10.6 Å². The van der Waals surface area contributed by atoms with Gasteiger partial charge in [-0.2, -0.15) is 5.10 Å². The number of primary sulfonamides is 1. The lowest BCUT2D eigenvalue weighted by Gasteiger charge is -1.97. The van der Waals surface area contributed by atoms with Crippen LogP contribution in [0.4, 0.5) is 5.69 Å². The normalized spacial score (nSPS) is 10.6. The van der Waals surface area contributed by atoms with Crippen molar-refractivity contribution in [2.75, 3.05) is 5.73 Å². The molecule has 0 saturated carbocycles. The van der Waals surface area contributed by atoms with Crippen molar-refractivity contribution < 1.29 is 8.42 Å². The average Bonchev–Trinajstić information content (AvgIpc) is 3.03. The SMILES string of the molecule is Nc1ccc(S(N)(=O)=O)cc1.c1ccc(-n2cccn2)cc1. The van der Waals surface area contributed by atoms with E-state index in [0.717, 1.165) is 5.69 Å². The van der Waals surface area contributed by atoms with Gasteiger partial charge in [-0.05, 0) is 42.5 Å². The summed E-state index contributed by atoms with van der Waals surface area (Å²) in [4.78, 5) is 0.0756. The minimum absolute atomic E-state index is 0.0756. The van der Waals surface area contributed by atoms with E-state index in [0.29, 0.717) is 5.69 Å². The Morgan fingerprint density at radius 2 is 1.55 bits per heavy atom. The molecule has 4 N–H and O–H groups in total. The lowest BCUT2D eigenvalue weighted by Crippen LogP contribution is -2.11. The third-order valence-corrected chi connectivity index (χ3v) is 3.66. The first-order chi connectivity index (χ1) is 10.5. The van der Waals surface area contributed by atoms with E-state index in [9.17, 15) is 8.42 Å². The van der Waals surface area contributed by atoms with Crippen LogP contribution in [0.25, 0.3) is 5.69 Å². The molecule has 0 atom stereocenters. The highest BCUT2D eigenvalue weighted by atomic mass is 32.2. The molecule has 3 aromatic rings. The number of nitrogen functional groups attached to an aromatic ring is 1. The van der Waals surface area contributed by atoms with Gasteiger partial charge in [0.2, 0.25) is 10.0 Å². The maximum Gasteiger partial charge on any atom is 0.238 e. The number of benzene rings is 2. The van der Waals surface area contributed by atoms with Gasteiger partial charge in [0.1, 0.15) is 0 Å². The highest BCUT2D eigenvalue weighted by Gasteiger charge is 2.04. The monoisotopic (exact) mass is 316 g/mol. The first-order valence-corrected chi connectivity index (χ1v) is 7.95. The second-order valence-corrected chi connectivity index (χ2v) is 5.96. The molecule has 22 heavy (non-hydrogen) atoms. The first kappa shape index (κ1) is 15.7. The van der Waals surface area contributed by atoms with E-state index in [1.807, 2.05) is 47.3 Å². The summed E-state index contributed by atoms with van der Waals surface area (Å²) < 4.78 is 23.2. The Balaban J connectivity index is 0.000000160. The summed E-state index contributed by atoms with van der Waals surface area (Å²) in [6.45, 7) is 0. The number of para-hydroxylation sites is 1. The summed E-state index contributed by atoms with van der Waals surface area (Å²) in [6, 6.07) is 17.6. The minimum Gasteiger partial charge on any atom is -0.399 e. The Kier molecular flexibility index (Phi) is 4.92. The molecule has 114 valence electrons. The zero-order chi connectivity index (χ0) is 16.0. The fourth-order valence-electron chi connectivity index (χ4n) is 1.66. The van der Waals surface area contributed by atoms with Crippen LogP contribution in [0.3, 0.4) is 0 Å². The molecule has 0 saturated heterocycles. The second kappa shape index (κ2) is 6.88. The van der Waals surface area contributed by atoms with E-state index in [-0.39, 0.29) is 4.90 Å². The van der Waals surface area contributed by atoms with Crippen molar-refractivity contribution in [3.8, 4) is 5.69 Å². The van der Waals surface area contributed by atoms with Crippen LogP contribution in [0.2, 0.25) is 0 Å². The third-order valence-electron chi connectivity index (χ3n) is 2.73. The lowest BCUT2D eigenvalue weighted by molar-refractivity contribution is 0.598. The van der Waals surface area contributed by atoms with E-state index in [2.05, 4.69) is 5.10 Å². The molecule has 0 radical (unpaired) electrons. The van der Waals surface area contributed by atoms with Crippen LogP contribution in [0.5, 0.6) is 0 Å². The van der Waals surface area contributed by atoms with Gasteiger partial charge in [0.15, 0.2) is 0 Å². The molecule has 2 aromatic carbocycles. The van der Waals surface area contributed by atoms with Gasteiger partial charge < -0.3 is 5.73 Å². The van der Waals surface area contributed by atoms with E-state index in [4.69, 9.17) is 10.9 Å². The minimum atomic E-state index is -3.58. The van der Waals surface area contributed by atoms with E-state index >= 15 is 0 Å². The largest absolute Gasteiger partial charge is 0.399 e. The Labute approximate surface area is 129 Å². The maximum atomic E-state index is 10.7. The van der Waals surface area contributed by atoms with Crippen LogP contribution in [-0.4, -0.2) is 18.2 Å². The van der Waals surface area contributed by atoms with E-state index in [1.54, 1.807) is 6.20 Å². The number of nitrogens with zero attached hydrogens (tertiary/aromatic N) is 2. The summed E-state index contributed by atoms with van der Waals surface area (Å²) in [5.74, 6) is 0. The summed E-state index contributed by atoms with van der Waals surface area (Å²) in [5.41, 5.74) is 6.94. The summed E-state index contributed by atoms with van der Waals surface area (Å²) in [7, 11) is -3.58. The number of aromatic nitrogens is 2. The quantitative estimate of drug-likeness (QED) is 0.703. The predicted molar refractivity (Wildman–Crippen MR) is 85.8 cm³/mol. The van der Waals surface area contributed by atoms with Gasteiger partial charge in [-0.15, -0.1) is 0 Å². The number of hydrogen-bond donors (Lipinski definition) is 2. The van der Waals surface area contributed by atoms with Gasteiger partial charge in [0.25, 0.3) is 0 Å². The molecule has 3 rings (SSSR count). The second-order valence-electron chi connectivity index (χ2n) is 4.40. The van der Waals surface area contributed by atoms with Crippen molar-refractivity contribution in [1.29, 1.82) is 0 Å².